The van der Waals surface area contributed by atoms with E-state index in [-0.39, 0.29) is 29.9 Å². The summed E-state index contributed by atoms with van der Waals surface area (Å²) < 4.78 is 64.4. The first kappa shape index (κ1) is 38.5. The molecule has 1 saturated carbocycles. The van der Waals surface area contributed by atoms with Crippen LogP contribution in [0.4, 0.5) is 38.1 Å². The number of hydrogen-bond donors (Lipinski definition) is 6. The molecule has 5 rings (SSSR count). The number of alkyl halides is 6. The molecule has 1 aliphatic carbocycles. The van der Waals surface area contributed by atoms with Gasteiger partial charge in [0.15, 0.2) is 5.96 Å². The van der Waals surface area contributed by atoms with Crippen molar-refractivity contribution in [1.29, 1.82) is 0 Å². The Morgan fingerprint density at radius 2 is 1.53 bits per heavy atom. The van der Waals surface area contributed by atoms with E-state index in [1.165, 1.54) is 11.3 Å². The molecule has 2 aromatic carbocycles. The monoisotopic (exact) mass is 735 g/mol. The number of aliphatic carboxylic acids is 2. The predicted octanol–water partition coefficient (Wildman–Crippen LogP) is 6.32. The van der Waals surface area contributed by atoms with Crippen LogP contribution in [0.1, 0.15) is 40.9 Å². The van der Waals surface area contributed by atoms with E-state index in [0.29, 0.717) is 15.7 Å². The molecule has 0 aliphatic heterocycles. The average Bonchev–Trinajstić information content (AvgIpc) is 3.34. The second-order valence-electron chi connectivity index (χ2n) is 10.4. The Bertz CT molecular complexity index is 1840. The Balaban J connectivity index is 0.000000392. The van der Waals surface area contributed by atoms with Crippen molar-refractivity contribution in [2.75, 3.05) is 10.6 Å². The highest BCUT2D eigenvalue weighted by atomic mass is 35.5. The van der Waals surface area contributed by atoms with Crippen molar-refractivity contribution >= 4 is 79.5 Å². The van der Waals surface area contributed by atoms with Crippen LogP contribution in [0.2, 0.25) is 5.02 Å². The number of carbonyl (C=O) groups excluding carboxylic acids is 1. The molecule has 20 heteroatoms. The summed E-state index contributed by atoms with van der Waals surface area (Å²) >= 11 is 7.85. The summed E-state index contributed by atoms with van der Waals surface area (Å²) in [5.41, 5.74) is 13.2. The fraction of sp³-hybridized carbons (Fsp3) is 0.310. The number of carboxylic acids is 2. The molecule has 0 saturated heterocycles. The van der Waals surface area contributed by atoms with E-state index in [1.54, 1.807) is 0 Å². The van der Waals surface area contributed by atoms with Crippen LogP contribution in [-0.4, -0.2) is 68.4 Å². The van der Waals surface area contributed by atoms with Gasteiger partial charge in [-0.3, -0.25) is 10.1 Å². The topological polar surface area (TPSA) is 206 Å². The number of nitrogens with zero attached hydrogens (tertiary/aromatic N) is 3. The maximum atomic E-state index is 13.1. The molecule has 8 N–H and O–H groups in total. The number of guanidine groups is 1. The molecule has 4 aromatic rings. The van der Waals surface area contributed by atoms with Gasteiger partial charge in [-0.05, 0) is 38.0 Å². The molecule has 1 fully saturated rings. The molecule has 0 spiro atoms. The minimum atomic E-state index is -5.08. The summed E-state index contributed by atoms with van der Waals surface area (Å²) in [4.78, 5) is 45.1. The molecule has 1 amide bonds. The van der Waals surface area contributed by atoms with Gasteiger partial charge in [0.05, 0.1) is 22.6 Å². The highest BCUT2D eigenvalue weighted by Gasteiger charge is 2.39. The lowest BCUT2D eigenvalue weighted by Crippen LogP contribution is -2.38. The van der Waals surface area contributed by atoms with Crippen LogP contribution < -0.4 is 22.1 Å². The van der Waals surface area contributed by atoms with Crippen molar-refractivity contribution in [3.05, 3.63) is 57.9 Å². The maximum absolute atomic E-state index is 13.1. The number of carboxylic acid groups (broad SMARTS) is 2. The summed E-state index contributed by atoms with van der Waals surface area (Å²) in [7, 11) is 0. The van der Waals surface area contributed by atoms with Gasteiger partial charge in [0, 0.05) is 15.5 Å². The fourth-order valence-electron chi connectivity index (χ4n) is 4.53. The van der Waals surface area contributed by atoms with E-state index >= 15 is 0 Å². The van der Waals surface area contributed by atoms with Gasteiger partial charge in [0.1, 0.15) is 10.7 Å². The van der Waals surface area contributed by atoms with Crippen LogP contribution in [0.3, 0.4) is 0 Å². The minimum absolute atomic E-state index is 0.0186. The summed E-state index contributed by atoms with van der Waals surface area (Å²) in [6.45, 7) is 2.02. The standard InChI is InChI=1S/C25H26ClN7OS.2C2HF3O2/c1-13-10-11-16-15(12-13)22(29-17-7-3-4-8-18(17)30-24(27)28)32-25(31-16)33-23(34)21-20(26)14-6-2-5-9-19(14)35-21;2*3-2(4,5)1(6)7/h2,5-6,9-12,17-18H,3-4,7-8H2,1H3,(H4,27,28,30)(H2,29,31,32,33,34);2*(H,6,7). The second kappa shape index (κ2) is 16.0. The number of amides is 1. The number of aliphatic imine (C=N–C) groups is 1. The normalized spacial score (nSPS) is 16.0. The molecule has 2 atom stereocenters. The molecule has 1 aliphatic rings. The Morgan fingerprint density at radius 3 is 2.10 bits per heavy atom. The Kier molecular flexibility index (Phi) is 12.6. The molecule has 2 unspecified atom stereocenters. The lowest BCUT2D eigenvalue weighted by Gasteiger charge is -2.30. The molecule has 2 aromatic heterocycles. The van der Waals surface area contributed by atoms with Crippen LogP contribution in [0, 0.1) is 6.92 Å². The SMILES string of the molecule is Cc1ccc2nc(NC(=O)c3sc4ccccc4c3Cl)nc(NC3CCCCC3N=C(N)N)c2c1.O=C(O)C(F)(F)F.O=C(O)C(F)(F)F. The van der Waals surface area contributed by atoms with Gasteiger partial charge in [0.2, 0.25) is 5.95 Å². The largest absolute Gasteiger partial charge is 0.490 e. The number of carbonyl (C=O) groups is 3. The quantitative estimate of drug-likeness (QED) is 0.0764. The van der Waals surface area contributed by atoms with E-state index in [4.69, 9.17) is 47.9 Å². The number of rotatable bonds is 5. The number of benzene rings is 2. The smallest absolute Gasteiger partial charge is 0.475 e. The number of nitrogens with one attached hydrogen (secondary N) is 2. The van der Waals surface area contributed by atoms with Crippen molar-refractivity contribution in [3.63, 3.8) is 0 Å². The minimum Gasteiger partial charge on any atom is -0.475 e. The molecule has 0 bridgehead atoms. The zero-order valence-corrected chi connectivity index (χ0v) is 26.8. The zero-order valence-electron chi connectivity index (χ0n) is 25.2. The Labute approximate surface area is 282 Å². The van der Waals surface area contributed by atoms with Gasteiger partial charge in [-0.25, -0.2) is 19.6 Å². The highest BCUT2D eigenvalue weighted by Crippen LogP contribution is 2.36. The highest BCUT2D eigenvalue weighted by molar-refractivity contribution is 7.21. The first-order chi connectivity index (χ1) is 22.8. The second-order valence-corrected chi connectivity index (χ2v) is 11.8. The van der Waals surface area contributed by atoms with Crippen molar-refractivity contribution in [2.45, 2.75) is 57.0 Å². The maximum Gasteiger partial charge on any atom is 0.490 e. The Morgan fingerprint density at radius 1 is 0.939 bits per heavy atom. The van der Waals surface area contributed by atoms with Crippen LogP contribution in [0.25, 0.3) is 21.0 Å². The average molecular weight is 736 g/mol. The number of anilines is 2. The lowest BCUT2D eigenvalue weighted by atomic mass is 9.90. The van der Waals surface area contributed by atoms with E-state index in [2.05, 4.69) is 20.6 Å². The number of nitrogens with two attached hydrogens (primary N) is 2. The van der Waals surface area contributed by atoms with Crippen molar-refractivity contribution in [2.24, 2.45) is 16.5 Å². The van der Waals surface area contributed by atoms with Gasteiger partial charge in [-0.15, -0.1) is 11.3 Å². The number of fused-ring (bicyclic) bond motifs is 2. The van der Waals surface area contributed by atoms with E-state index < -0.39 is 24.3 Å². The number of halogens is 7. The first-order valence-corrected chi connectivity index (χ1v) is 15.2. The molecule has 264 valence electrons. The van der Waals surface area contributed by atoms with Gasteiger partial charge >= 0.3 is 24.3 Å². The number of thiophene rings is 1. The van der Waals surface area contributed by atoms with Crippen molar-refractivity contribution in [1.82, 2.24) is 9.97 Å². The molecular formula is C29H28ClF6N7O5S. The van der Waals surface area contributed by atoms with Gasteiger partial charge in [-0.2, -0.15) is 31.3 Å². The molecule has 0 radical (unpaired) electrons. The first-order valence-electron chi connectivity index (χ1n) is 14.0. The molecule has 12 nitrogen and oxygen atoms in total. The predicted molar refractivity (Wildman–Crippen MR) is 172 cm³/mol. The molecular weight excluding hydrogens is 708 g/mol. The third-order valence-electron chi connectivity index (χ3n) is 6.67. The van der Waals surface area contributed by atoms with Gasteiger partial charge in [0.25, 0.3) is 5.91 Å². The van der Waals surface area contributed by atoms with Crippen LogP contribution >= 0.6 is 22.9 Å². The molecule has 2 heterocycles. The van der Waals surface area contributed by atoms with Gasteiger partial charge < -0.3 is 27.0 Å². The summed E-state index contributed by atoms with van der Waals surface area (Å²) in [6.07, 6.45) is -6.21. The zero-order chi connectivity index (χ0) is 36.7. The Hall–Kier alpha value is -4.91. The summed E-state index contributed by atoms with van der Waals surface area (Å²) in [6, 6.07) is 13.6. The van der Waals surface area contributed by atoms with E-state index in [1.807, 2.05) is 49.4 Å². The third kappa shape index (κ3) is 10.8. The van der Waals surface area contributed by atoms with Crippen molar-refractivity contribution in [3.8, 4) is 0 Å². The van der Waals surface area contributed by atoms with E-state index in [0.717, 1.165) is 52.2 Å². The fourth-order valence-corrected chi connectivity index (χ4v) is 5.94. The number of hydrogen-bond acceptors (Lipinski definition) is 8. The van der Waals surface area contributed by atoms with E-state index in [9.17, 15) is 31.1 Å². The van der Waals surface area contributed by atoms with Crippen LogP contribution in [-0.2, 0) is 9.59 Å². The van der Waals surface area contributed by atoms with Gasteiger partial charge in [-0.1, -0.05) is 54.3 Å². The van der Waals surface area contributed by atoms with Crippen LogP contribution in [0.15, 0.2) is 47.5 Å². The molecule has 49 heavy (non-hydrogen) atoms. The van der Waals surface area contributed by atoms with Crippen LogP contribution in [0.5, 0.6) is 0 Å². The number of aryl methyl sites for hydroxylation is 1. The summed E-state index contributed by atoms with van der Waals surface area (Å²) in [5, 5.41) is 22.8. The summed E-state index contributed by atoms with van der Waals surface area (Å²) in [5.74, 6) is -4.93. The number of aromatic nitrogens is 2. The van der Waals surface area contributed by atoms with Crippen molar-refractivity contribution < 1.29 is 50.9 Å². The third-order valence-corrected chi connectivity index (χ3v) is 8.34. The lowest BCUT2D eigenvalue weighted by molar-refractivity contribution is -0.193.